The first kappa shape index (κ1) is 12.4. The Labute approximate surface area is 78.8 Å². The second kappa shape index (κ2) is 6.89. The van der Waals surface area contributed by atoms with Gasteiger partial charge in [-0.05, 0) is 0 Å². The molecule has 0 rings (SSSR count). The van der Waals surface area contributed by atoms with Crippen LogP contribution < -0.4 is 0 Å². The van der Waals surface area contributed by atoms with Crippen molar-refractivity contribution in [2.24, 2.45) is 0 Å². The van der Waals surface area contributed by atoms with Gasteiger partial charge in [-0.2, -0.15) is 0 Å². The molecule has 0 saturated heterocycles. The molecule has 0 aliphatic carbocycles. The van der Waals surface area contributed by atoms with E-state index in [1.807, 2.05) is 20.8 Å². The van der Waals surface area contributed by atoms with E-state index in [2.05, 4.69) is 6.92 Å². The zero-order chi connectivity index (χ0) is 9.45. The molecule has 0 N–H and O–H groups in total. The Kier molecular flexibility index (Phi) is 7.13. The molecule has 12 heavy (non-hydrogen) atoms. The molecule has 0 aliphatic rings. The van der Waals surface area contributed by atoms with E-state index in [9.17, 15) is 0 Å². The molecular formula is C8H20GeO3. The standard InChI is InChI=1S/C8H20GeO3/c1-5-9(10-6-2,11-7-3)12-8-4/h5-8H2,1-4H3. The Morgan fingerprint density at radius 3 is 1.25 bits per heavy atom. The third kappa shape index (κ3) is 3.89. The molecule has 0 aromatic rings. The van der Waals surface area contributed by atoms with Gasteiger partial charge in [0.25, 0.3) is 0 Å². The third-order valence-electron chi connectivity index (χ3n) is 1.53. The van der Waals surface area contributed by atoms with Crippen molar-refractivity contribution in [3.05, 3.63) is 0 Å². The molecule has 0 saturated carbocycles. The van der Waals surface area contributed by atoms with Crippen molar-refractivity contribution in [3.8, 4) is 0 Å². The van der Waals surface area contributed by atoms with Gasteiger partial charge in [-0.1, -0.05) is 0 Å². The SMILES string of the molecule is CC[O][Ge]([CH2]C)([O]CC)[O]CC. The molecule has 0 aliphatic heterocycles. The Morgan fingerprint density at radius 1 is 0.750 bits per heavy atom. The number of hydrogen-bond donors (Lipinski definition) is 0. The molecule has 0 aromatic carbocycles. The van der Waals surface area contributed by atoms with E-state index in [0.29, 0.717) is 19.8 Å². The summed E-state index contributed by atoms with van der Waals surface area (Å²) in [4.78, 5) is 0. The molecule has 0 bridgehead atoms. The molecule has 0 heterocycles. The third-order valence-corrected chi connectivity index (χ3v) is 7.93. The Hall–Kier alpha value is 0.423. The van der Waals surface area contributed by atoms with Crippen LogP contribution in [0, 0.1) is 0 Å². The first-order valence-corrected chi connectivity index (χ1v) is 8.71. The summed E-state index contributed by atoms with van der Waals surface area (Å²) in [5.41, 5.74) is 0. The van der Waals surface area contributed by atoms with Crippen molar-refractivity contribution in [2.45, 2.75) is 32.9 Å². The predicted octanol–water partition coefficient (Wildman–Crippen LogP) is 2.05. The zero-order valence-corrected chi connectivity index (χ0v) is 10.7. The maximum absolute atomic E-state index is 5.60. The summed E-state index contributed by atoms with van der Waals surface area (Å²) in [6, 6.07) is 0. The van der Waals surface area contributed by atoms with Gasteiger partial charge < -0.3 is 0 Å². The van der Waals surface area contributed by atoms with Crippen LogP contribution >= 0.6 is 0 Å². The molecule has 74 valence electrons. The van der Waals surface area contributed by atoms with Crippen LogP contribution in [0.15, 0.2) is 0 Å². The first-order valence-electron chi connectivity index (χ1n) is 4.66. The topological polar surface area (TPSA) is 27.7 Å². The van der Waals surface area contributed by atoms with Crippen LogP contribution in [-0.4, -0.2) is 34.1 Å². The molecule has 0 amide bonds. The van der Waals surface area contributed by atoms with Crippen molar-refractivity contribution in [3.63, 3.8) is 0 Å². The predicted molar refractivity (Wildman–Crippen MR) is 51.1 cm³/mol. The quantitative estimate of drug-likeness (QED) is 0.634. The summed E-state index contributed by atoms with van der Waals surface area (Å²) in [5.74, 6) is 0. The van der Waals surface area contributed by atoms with E-state index in [4.69, 9.17) is 11.3 Å². The number of hydrogen-bond acceptors (Lipinski definition) is 3. The van der Waals surface area contributed by atoms with E-state index in [-0.39, 0.29) is 0 Å². The number of rotatable bonds is 7. The van der Waals surface area contributed by atoms with Crippen molar-refractivity contribution in [1.82, 2.24) is 0 Å². The van der Waals surface area contributed by atoms with E-state index in [1.54, 1.807) is 0 Å². The first-order chi connectivity index (χ1) is 5.74. The van der Waals surface area contributed by atoms with Gasteiger partial charge in [0, 0.05) is 0 Å². The molecule has 4 heteroatoms. The normalized spacial score (nSPS) is 12.0. The van der Waals surface area contributed by atoms with Crippen molar-refractivity contribution in [2.75, 3.05) is 19.8 Å². The van der Waals surface area contributed by atoms with Crippen LogP contribution in [0.25, 0.3) is 0 Å². The summed E-state index contributed by atoms with van der Waals surface area (Å²) in [6.07, 6.45) is 0. The molecule has 0 spiro atoms. The second-order valence-corrected chi connectivity index (χ2v) is 8.50. The fourth-order valence-electron chi connectivity index (χ4n) is 1.09. The average molecular weight is 237 g/mol. The maximum atomic E-state index is 5.60. The van der Waals surface area contributed by atoms with Crippen molar-refractivity contribution in [1.29, 1.82) is 0 Å². The molecule has 0 unspecified atom stereocenters. The van der Waals surface area contributed by atoms with Crippen LogP contribution in [0.3, 0.4) is 0 Å². The molecule has 3 nitrogen and oxygen atoms in total. The monoisotopic (exact) mass is 238 g/mol. The van der Waals surface area contributed by atoms with E-state index >= 15 is 0 Å². The van der Waals surface area contributed by atoms with Gasteiger partial charge in [-0.3, -0.25) is 0 Å². The summed E-state index contributed by atoms with van der Waals surface area (Å²) < 4.78 is 16.8. The average Bonchev–Trinajstić information content (AvgIpc) is 2.06. The van der Waals surface area contributed by atoms with Crippen molar-refractivity contribution < 1.29 is 11.3 Å². The van der Waals surface area contributed by atoms with Crippen LogP contribution in [0.5, 0.6) is 0 Å². The Morgan fingerprint density at radius 2 is 1.08 bits per heavy atom. The van der Waals surface area contributed by atoms with Gasteiger partial charge in [0.05, 0.1) is 0 Å². The Balaban J connectivity index is 4.06. The van der Waals surface area contributed by atoms with Crippen molar-refractivity contribution >= 4 is 14.3 Å². The molecule has 0 radical (unpaired) electrons. The molecule has 0 aromatic heterocycles. The summed E-state index contributed by atoms with van der Waals surface area (Å²) in [5, 5.41) is 0.898. The molecule has 0 fully saturated rings. The van der Waals surface area contributed by atoms with Crippen LogP contribution in [0.4, 0.5) is 0 Å². The van der Waals surface area contributed by atoms with Gasteiger partial charge in [0.15, 0.2) is 0 Å². The van der Waals surface area contributed by atoms with Crippen LogP contribution in [0.1, 0.15) is 27.7 Å². The van der Waals surface area contributed by atoms with E-state index < -0.39 is 14.3 Å². The van der Waals surface area contributed by atoms with Gasteiger partial charge in [0.1, 0.15) is 0 Å². The fraction of sp³-hybridized carbons (Fsp3) is 1.00. The summed E-state index contributed by atoms with van der Waals surface area (Å²) in [7, 11) is 0. The minimum absolute atomic E-state index is 0.688. The van der Waals surface area contributed by atoms with Gasteiger partial charge >= 0.3 is 78.3 Å². The van der Waals surface area contributed by atoms with Crippen LogP contribution in [-0.2, 0) is 11.3 Å². The fourth-order valence-corrected chi connectivity index (χ4v) is 5.67. The Bertz CT molecular complexity index is 91.5. The second-order valence-electron chi connectivity index (χ2n) is 2.34. The van der Waals surface area contributed by atoms with Gasteiger partial charge in [-0.15, -0.1) is 0 Å². The molecular weight excluding hydrogens is 217 g/mol. The van der Waals surface area contributed by atoms with Crippen LogP contribution in [0.2, 0.25) is 5.25 Å². The van der Waals surface area contributed by atoms with Gasteiger partial charge in [0.2, 0.25) is 0 Å². The van der Waals surface area contributed by atoms with E-state index in [1.165, 1.54) is 0 Å². The van der Waals surface area contributed by atoms with E-state index in [0.717, 1.165) is 5.25 Å². The summed E-state index contributed by atoms with van der Waals surface area (Å²) >= 11 is -2.78. The van der Waals surface area contributed by atoms with Gasteiger partial charge in [-0.25, -0.2) is 0 Å². The zero-order valence-electron chi connectivity index (χ0n) is 8.55. The minimum atomic E-state index is -2.78. The summed E-state index contributed by atoms with van der Waals surface area (Å²) in [6.45, 7) is 10.1. The molecule has 0 atom stereocenters.